The fourth-order valence-corrected chi connectivity index (χ4v) is 4.78. The predicted molar refractivity (Wildman–Crippen MR) is 94.1 cm³/mol. The molecule has 25 heavy (non-hydrogen) atoms. The molecule has 2 bridgehead atoms. The zero-order valence-electron chi connectivity index (χ0n) is 15.2. The largest absolute Gasteiger partial charge is 0.387 e. The van der Waals surface area contributed by atoms with Crippen LogP contribution < -0.4 is 5.32 Å². The molecular formula is C19H28N4O2. The van der Waals surface area contributed by atoms with Crippen molar-refractivity contribution in [3.05, 3.63) is 11.8 Å². The summed E-state index contributed by atoms with van der Waals surface area (Å²) in [6.07, 6.45) is 6.93. The molecule has 3 fully saturated rings. The zero-order chi connectivity index (χ0) is 18.0. The van der Waals surface area contributed by atoms with Crippen molar-refractivity contribution in [2.24, 2.45) is 17.8 Å². The van der Waals surface area contributed by atoms with Gasteiger partial charge in [-0.3, -0.25) is 9.59 Å². The van der Waals surface area contributed by atoms with E-state index in [0.29, 0.717) is 38.1 Å². The third kappa shape index (κ3) is 3.81. The molecule has 1 aliphatic heterocycles. The molecule has 0 spiro atoms. The number of nitrogens with zero attached hydrogens (tertiary/aromatic N) is 3. The van der Waals surface area contributed by atoms with Crippen molar-refractivity contribution in [1.82, 2.24) is 15.1 Å². The monoisotopic (exact) mass is 344 g/mol. The van der Waals surface area contributed by atoms with E-state index < -0.39 is 0 Å². The van der Waals surface area contributed by atoms with Gasteiger partial charge in [-0.15, -0.1) is 0 Å². The maximum atomic E-state index is 12.6. The molecular weight excluding hydrogens is 316 g/mol. The van der Waals surface area contributed by atoms with Crippen molar-refractivity contribution in [2.75, 3.05) is 26.2 Å². The second-order valence-electron chi connectivity index (χ2n) is 7.76. The molecule has 2 amide bonds. The smallest absolute Gasteiger partial charge is 0.266 e. The van der Waals surface area contributed by atoms with Crippen LogP contribution in [0.4, 0.5) is 0 Å². The Bertz CT molecular complexity index is 601. The number of carbonyl (C=O) groups is 2. The molecule has 3 rings (SSSR count). The van der Waals surface area contributed by atoms with Gasteiger partial charge in [-0.2, -0.15) is 5.26 Å². The molecule has 6 nitrogen and oxygen atoms in total. The maximum absolute atomic E-state index is 12.6. The first-order valence-electron chi connectivity index (χ1n) is 9.40. The number of hydrogen-bond donors (Lipinski definition) is 1. The van der Waals surface area contributed by atoms with E-state index in [0.717, 1.165) is 11.8 Å². The van der Waals surface area contributed by atoms with Gasteiger partial charge in [0.25, 0.3) is 5.91 Å². The molecule has 0 radical (unpaired) electrons. The summed E-state index contributed by atoms with van der Waals surface area (Å²) in [5.41, 5.74) is 0.159. The van der Waals surface area contributed by atoms with Crippen LogP contribution in [-0.4, -0.2) is 53.8 Å². The summed E-state index contributed by atoms with van der Waals surface area (Å²) in [5, 5.41) is 12.7. The molecule has 2 saturated carbocycles. The van der Waals surface area contributed by atoms with Crippen molar-refractivity contribution in [1.29, 1.82) is 5.26 Å². The number of amides is 2. The number of carbonyl (C=O) groups excluding carboxylic acids is 2. The van der Waals surface area contributed by atoms with Gasteiger partial charge in [0.1, 0.15) is 11.6 Å². The number of hydrogen-bond acceptors (Lipinski definition) is 4. The minimum absolute atomic E-state index is 0.0319. The van der Waals surface area contributed by atoms with Gasteiger partial charge in [0.05, 0.1) is 0 Å². The summed E-state index contributed by atoms with van der Waals surface area (Å²) in [6.45, 7) is 5.74. The van der Waals surface area contributed by atoms with Crippen molar-refractivity contribution < 1.29 is 9.59 Å². The molecule has 136 valence electrons. The summed E-state index contributed by atoms with van der Waals surface area (Å²) in [7, 11) is 0. The van der Waals surface area contributed by atoms with Crippen LogP contribution in [0, 0.1) is 29.1 Å². The SMILES string of the molecule is CC(=O)N1CCN(C(=O)/C(C#N)=C\NC(C)C2CC3CCC2C3)CC1. The average Bonchev–Trinajstić information content (AvgIpc) is 3.25. The van der Waals surface area contributed by atoms with E-state index in [4.69, 9.17) is 0 Å². The average molecular weight is 344 g/mol. The summed E-state index contributed by atoms with van der Waals surface area (Å²) in [5.74, 6) is 2.15. The Morgan fingerprint density at radius 1 is 1.16 bits per heavy atom. The highest BCUT2D eigenvalue weighted by molar-refractivity contribution is 5.97. The summed E-state index contributed by atoms with van der Waals surface area (Å²) in [4.78, 5) is 27.3. The normalized spacial score (nSPS) is 30.1. The Morgan fingerprint density at radius 2 is 1.84 bits per heavy atom. The van der Waals surface area contributed by atoms with E-state index >= 15 is 0 Å². The Balaban J connectivity index is 1.54. The van der Waals surface area contributed by atoms with Crippen molar-refractivity contribution in [2.45, 2.75) is 45.6 Å². The molecule has 0 aromatic heterocycles. The molecule has 3 aliphatic rings. The lowest BCUT2D eigenvalue weighted by Crippen LogP contribution is -2.50. The highest BCUT2D eigenvalue weighted by atomic mass is 16.2. The minimum atomic E-state index is -0.238. The first kappa shape index (κ1) is 17.8. The number of fused-ring (bicyclic) bond motifs is 2. The second-order valence-corrected chi connectivity index (χ2v) is 7.76. The Kier molecular flexibility index (Phi) is 5.31. The van der Waals surface area contributed by atoms with Gasteiger partial charge in [0, 0.05) is 45.3 Å². The molecule has 1 heterocycles. The minimum Gasteiger partial charge on any atom is -0.387 e. The number of rotatable bonds is 4. The molecule has 4 atom stereocenters. The van der Waals surface area contributed by atoms with Crippen molar-refractivity contribution >= 4 is 11.8 Å². The van der Waals surface area contributed by atoms with Crippen LogP contribution in [0.2, 0.25) is 0 Å². The maximum Gasteiger partial charge on any atom is 0.266 e. The van der Waals surface area contributed by atoms with Gasteiger partial charge in [0.2, 0.25) is 5.91 Å². The first-order chi connectivity index (χ1) is 12.0. The number of nitriles is 1. The topological polar surface area (TPSA) is 76.4 Å². The third-order valence-corrected chi connectivity index (χ3v) is 6.29. The standard InChI is InChI=1S/C19H28N4O2/c1-13(18-10-15-3-4-16(18)9-15)21-12-17(11-20)19(25)23-7-5-22(6-8-23)14(2)24/h12-13,15-16,18,21H,3-10H2,1-2H3/b17-12-. The van der Waals surface area contributed by atoms with Crippen LogP contribution >= 0.6 is 0 Å². The van der Waals surface area contributed by atoms with Gasteiger partial charge < -0.3 is 15.1 Å². The van der Waals surface area contributed by atoms with Crippen LogP contribution in [0.15, 0.2) is 11.8 Å². The van der Waals surface area contributed by atoms with Gasteiger partial charge in [-0.25, -0.2) is 0 Å². The molecule has 4 unspecified atom stereocenters. The lowest BCUT2D eigenvalue weighted by atomic mass is 9.84. The summed E-state index contributed by atoms with van der Waals surface area (Å²) in [6, 6.07) is 2.33. The van der Waals surface area contributed by atoms with Crippen molar-refractivity contribution in [3.63, 3.8) is 0 Å². The van der Waals surface area contributed by atoms with E-state index in [2.05, 4.69) is 12.2 Å². The van der Waals surface area contributed by atoms with E-state index in [1.165, 1.54) is 25.7 Å². The van der Waals surface area contributed by atoms with Crippen LogP contribution in [-0.2, 0) is 9.59 Å². The van der Waals surface area contributed by atoms with E-state index in [1.807, 2.05) is 6.07 Å². The Morgan fingerprint density at radius 3 is 2.36 bits per heavy atom. The van der Waals surface area contributed by atoms with Crippen LogP contribution in [0.5, 0.6) is 0 Å². The quantitative estimate of drug-likeness (QED) is 0.619. The highest BCUT2D eigenvalue weighted by Gasteiger charge is 2.41. The third-order valence-electron chi connectivity index (χ3n) is 6.29. The van der Waals surface area contributed by atoms with E-state index in [-0.39, 0.29) is 17.4 Å². The van der Waals surface area contributed by atoms with E-state index in [1.54, 1.807) is 22.9 Å². The van der Waals surface area contributed by atoms with Gasteiger partial charge in [-0.05, 0) is 43.9 Å². The predicted octanol–water partition coefficient (Wildman–Crippen LogP) is 1.50. The molecule has 0 aromatic rings. The van der Waals surface area contributed by atoms with Gasteiger partial charge in [-0.1, -0.05) is 6.42 Å². The first-order valence-corrected chi connectivity index (χ1v) is 9.40. The lowest BCUT2D eigenvalue weighted by Gasteiger charge is -2.34. The van der Waals surface area contributed by atoms with Gasteiger partial charge in [0.15, 0.2) is 0 Å². The van der Waals surface area contributed by atoms with Crippen molar-refractivity contribution in [3.8, 4) is 6.07 Å². The Hall–Kier alpha value is -2.03. The van der Waals surface area contributed by atoms with Crippen LogP contribution in [0.1, 0.15) is 39.5 Å². The molecule has 1 saturated heterocycles. The van der Waals surface area contributed by atoms with Gasteiger partial charge >= 0.3 is 0 Å². The fraction of sp³-hybridized carbons (Fsp3) is 0.737. The number of nitrogens with one attached hydrogen (secondary N) is 1. The summed E-state index contributed by atoms with van der Waals surface area (Å²) >= 11 is 0. The second kappa shape index (κ2) is 7.47. The molecule has 0 aromatic carbocycles. The van der Waals surface area contributed by atoms with Crippen LogP contribution in [0.3, 0.4) is 0 Å². The zero-order valence-corrected chi connectivity index (χ0v) is 15.2. The molecule has 6 heteroatoms. The Labute approximate surface area is 149 Å². The lowest BCUT2D eigenvalue weighted by molar-refractivity contribution is -0.136. The van der Waals surface area contributed by atoms with E-state index in [9.17, 15) is 14.9 Å². The number of piperazine rings is 1. The summed E-state index contributed by atoms with van der Waals surface area (Å²) < 4.78 is 0. The van der Waals surface area contributed by atoms with Crippen LogP contribution in [0.25, 0.3) is 0 Å². The highest BCUT2D eigenvalue weighted by Crippen LogP contribution is 2.49. The molecule has 1 N–H and O–H groups in total. The fourth-order valence-electron chi connectivity index (χ4n) is 4.78. The molecule has 2 aliphatic carbocycles.